The molecule has 11 aromatic rings. The smallest absolute Gasteiger partial charge is 0.0547 e. The third-order valence-electron chi connectivity index (χ3n) is 12.6. The number of aromatic nitrogens is 2. The van der Waals surface area contributed by atoms with E-state index >= 15 is 0 Å². The molecule has 2 aromatic heterocycles. The van der Waals surface area contributed by atoms with Gasteiger partial charge in [0, 0.05) is 32.9 Å². The summed E-state index contributed by atoms with van der Waals surface area (Å²) in [4.78, 5) is 0. The lowest BCUT2D eigenvalue weighted by Crippen LogP contribution is -1.95. The Morgan fingerprint density at radius 1 is 0.317 bits per heavy atom. The summed E-state index contributed by atoms with van der Waals surface area (Å²) in [5, 5.41) is 7.59. The van der Waals surface area contributed by atoms with Crippen LogP contribution in [0.2, 0.25) is 0 Å². The van der Waals surface area contributed by atoms with Gasteiger partial charge in [-0.05, 0) is 117 Å². The Labute approximate surface area is 349 Å². The van der Waals surface area contributed by atoms with E-state index in [4.69, 9.17) is 0 Å². The summed E-state index contributed by atoms with van der Waals surface area (Å²) in [5.74, 6) is 0. The molecule has 0 aliphatic heterocycles. The Bertz CT molecular complexity index is 3500. The first kappa shape index (κ1) is 34.4. The van der Waals surface area contributed by atoms with Crippen LogP contribution in [0, 0.1) is 0 Å². The maximum Gasteiger partial charge on any atom is 0.0547 e. The van der Waals surface area contributed by atoms with E-state index in [9.17, 15) is 0 Å². The van der Waals surface area contributed by atoms with Crippen LogP contribution in [0.25, 0.3) is 105 Å². The van der Waals surface area contributed by atoms with E-state index in [0.717, 1.165) is 18.5 Å². The largest absolute Gasteiger partial charge is 0.309 e. The minimum Gasteiger partial charge on any atom is -0.309 e. The Morgan fingerprint density at radius 2 is 0.783 bits per heavy atom. The van der Waals surface area contributed by atoms with Crippen molar-refractivity contribution in [2.24, 2.45) is 0 Å². The van der Waals surface area contributed by atoms with E-state index < -0.39 is 0 Å². The average molecular weight is 765 g/mol. The molecular formula is C58H40N2. The van der Waals surface area contributed by atoms with Crippen LogP contribution in [0.4, 0.5) is 0 Å². The Hall–Kier alpha value is -7.68. The molecule has 9 aromatic carbocycles. The average Bonchev–Trinajstić information content (AvgIpc) is 3.84. The zero-order valence-corrected chi connectivity index (χ0v) is 33.1. The maximum absolute atomic E-state index is 2.43. The summed E-state index contributed by atoms with van der Waals surface area (Å²) in [6, 6.07) is 73.8. The predicted octanol–water partition coefficient (Wildman–Crippen LogP) is 15.8. The highest BCUT2D eigenvalue weighted by Crippen LogP contribution is 2.40. The molecule has 282 valence electrons. The second-order valence-electron chi connectivity index (χ2n) is 16.0. The van der Waals surface area contributed by atoms with E-state index in [-0.39, 0.29) is 0 Å². The molecule has 0 N–H and O–H groups in total. The highest BCUT2D eigenvalue weighted by atomic mass is 15.0. The number of benzene rings is 9. The molecule has 1 aliphatic rings. The monoisotopic (exact) mass is 764 g/mol. The summed E-state index contributed by atoms with van der Waals surface area (Å²) >= 11 is 0. The normalized spacial score (nSPS) is 12.9. The van der Waals surface area contributed by atoms with Gasteiger partial charge in [0.25, 0.3) is 0 Å². The summed E-state index contributed by atoms with van der Waals surface area (Å²) in [5.41, 5.74) is 17.2. The summed E-state index contributed by atoms with van der Waals surface area (Å²) in [6.07, 6.45) is 8.89. The molecule has 60 heavy (non-hydrogen) atoms. The number of hydrogen-bond acceptors (Lipinski definition) is 0. The van der Waals surface area contributed by atoms with Crippen LogP contribution in [0.3, 0.4) is 0 Å². The molecule has 2 nitrogen and oxygen atoms in total. The molecule has 0 saturated carbocycles. The lowest BCUT2D eigenvalue weighted by molar-refractivity contribution is 1.05. The van der Waals surface area contributed by atoms with Crippen molar-refractivity contribution in [1.82, 2.24) is 9.13 Å². The fourth-order valence-corrected chi connectivity index (χ4v) is 9.74. The van der Waals surface area contributed by atoms with Crippen LogP contribution in [0.15, 0.2) is 218 Å². The molecule has 0 spiro atoms. The molecule has 0 fully saturated rings. The van der Waals surface area contributed by atoms with Crippen LogP contribution in [-0.4, -0.2) is 9.13 Å². The van der Waals surface area contributed by atoms with Gasteiger partial charge in [-0.1, -0.05) is 170 Å². The molecule has 0 bridgehead atoms. The van der Waals surface area contributed by atoms with Crippen molar-refractivity contribution in [2.45, 2.75) is 12.8 Å². The number of rotatable bonds is 6. The molecule has 2 heterocycles. The lowest BCUT2D eigenvalue weighted by atomic mass is 9.93. The molecule has 0 radical (unpaired) electrons. The quantitative estimate of drug-likeness (QED) is 0.160. The standard InChI is InChI=1S/C58H40N2/c1-3-13-39(14-4-1)43-29-35-53-51-17-7-9-23-55(51)59(57(53)37-43)45-31-25-41(26-32-45)47-19-11-22-50-48(20-12-21-49(47)50)42-27-33-46(34-28-42)60-56-24-10-8-18-52(56)54-36-30-44(38-58(54)60)40-15-5-2-6-16-40/h1-5,7-15,17-38H,6,16H2. The summed E-state index contributed by atoms with van der Waals surface area (Å²) < 4.78 is 4.85. The maximum atomic E-state index is 2.43. The zero-order chi connectivity index (χ0) is 39.6. The van der Waals surface area contributed by atoms with Gasteiger partial charge in [-0.2, -0.15) is 0 Å². The van der Waals surface area contributed by atoms with Crippen LogP contribution < -0.4 is 0 Å². The fourth-order valence-electron chi connectivity index (χ4n) is 9.74. The van der Waals surface area contributed by atoms with Crippen LogP contribution in [0.5, 0.6) is 0 Å². The van der Waals surface area contributed by atoms with Gasteiger partial charge in [-0.25, -0.2) is 0 Å². The van der Waals surface area contributed by atoms with Gasteiger partial charge < -0.3 is 9.13 Å². The molecule has 1 aliphatic carbocycles. The topological polar surface area (TPSA) is 9.86 Å². The fraction of sp³-hybridized carbons (Fsp3) is 0.0345. The van der Waals surface area contributed by atoms with Gasteiger partial charge in [0.05, 0.1) is 22.1 Å². The van der Waals surface area contributed by atoms with Crippen LogP contribution >= 0.6 is 0 Å². The number of hydrogen-bond donors (Lipinski definition) is 0. The minimum atomic E-state index is 1.08. The van der Waals surface area contributed by atoms with E-state index in [1.54, 1.807) is 0 Å². The van der Waals surface area contributed by atoms with Gasteiger partial charge in [-0.15, -0.1) is 0 Å². The highest BCUT2D eigenvalue weighted by molar-refractivity contribution is 6.11. The zero-order valence-electron chi connectivity index (χ0n) is 33.1. The van der Waals surface area contributed by atoms with E-state index in [0.29, 0.717) is 0 Å². The van der Waals surface area contributed by atoms with E-state index in [1.165, 1.54) is 105 Å². The van der Waals surface area contributed by atoms with Gasteiger partial charge in [0.15, 0.2) is 0 Å². The van der Waals surface area contributed by atoms with Crippen molar-refractivity contribution in [3.8, 4) is 44.8 Å². The van der Waals surface area contributed by atoms with Gasteiger partial charge in [0.1, 0.15) is 0 Å². The predicted molar refractivity (Wildman–Crippen MR) is 255 cm³/mol. The number of para-hydroxylation sites is 2. The van der Waals surface area contributed by atoms with E-state index in [1.807, 2.05) is 0 Å². The molecule has 2 heteroatoms. The van der Waals surface area contributed by atoms with Gasteiger partial charge >= 0.3 is 0 Å². The SMILES string of the molecule is C1=CCCC(c2ccc3c4ccccc4n(-c4ccc(-c5cccc6c(-c7ccc(-n8c9ccccc9c9ccc(-c%10ccccc%10)cc98)cc7)cccc56)cc4)c3c2)=C1. The van der Waals surface area contributed by atoms with Crippen molar-refractivity contribution >= 4 is 60.0 Å². The third-order valence-corrected chi connectivity index (χ3v) is 12.6. The first-order valence-corrected chi connectivity index (χ1v) is 21.0. The highest BCUT2D eigenvalue weighted by Gasteiger charge is 2.17. The molecule has 0 amide bonds. The van der Waals surface area contributed by atoms with Crippen molar-refractivity contribution in [3.05, 3.63) is 224 Å². The van der Waals surface area contributed by atoms with Crippen molar-refractivity contribution in [2.75, 3.05) is 0 Å². The van der Waals surface area contributed by atoms with E-state index in [2.05, 4.69) is 228 Å². The van der Waals surface area contributed by atoms with Gasteiger partial charge in [0.2, 0.25) is 0 Å². The molecule has 12 rings (SSSR count). The Kier molecular flexibility index (Phi) is 8.02. The lowest BCUT2D eigenvalue weighted by Gasteiger charge is -2.14. The van der Waals surface area contributed by atoms with Crippen LogP contribution in [0.1, 0.15) is 18.4 Å². The molecule has 0 saturated heterocycles. The Morgan fingerprint density at radius 3 is 1.33 bits per heavy atom. The Balaban J connectivity index is 0.917. The van der Waals surface area contributed by atoms with Crippen molar-refractivity contribution in [3.63, 3.8) is 0 Å². The van der Waals surface area contributed by atoms with Gasteiger partial charge in [-0.3, -0.25) is 0 Å². The first-order chi connectivity index (χ1) is 29.8. The first-order valence-electron chi connectivity index (χ1n) is 21.0. The molecular weight excluding hydrogens is 725 g/mol. The second-order valence-corrected chi connectivity index (χ2v) is 16.0. The molecule has 0 atom stereocenters. The third kappa shape index (κ3) is 5.56. The van der Waals surface area contributed by atoms with Crippen molar-refractivity contribution in [1.29, 1.82) is 0 Å². The van der Waals surface area contributed by atoms with Crippen molar-refractivity contribution < 1.29 is 0 Å². The summed E-state index contributed by atoms with van der Waals surface area (Å²) in [6.45, 7) is 0. The number of nitrogens with zero attached hydrogens (tertiary/aromatic N) is 2. The molecule has 0 unspecified atom stereocenters. The minimum absolute atomic E-state index is 1.08. The number of allylic oxidation sites excluding steroid dienone is 4. The second kappa shape index (κ2) is 14.0. The summed E-state index contributed by atoms with van der Waals surface area (Å²) in [7, 11) is 0. The number of fused-ring (bicyclic) bond motifs is 7. The van der Waals surface area contributed by atoms with Crippen LogP contribution in [-0.2, 0) is 0 Å².